The molecule has 9 aromatic carbocycles. The number of aromatic nitrogens is 4. The highest BCUT2D eigenvalue weighted by Crippen LogP contribution is 2.43. The number of rotatable bonds is 8. The molecule has 0 saturated carbocycles. The minimum atomic E-state index is 0.914. The van der Waals surface area contributed by atoms with Crippen LogP contribution >= 0.6 is 0 Å². The van der Waals surface area contributed by atoms with Crippen LogP contribution in [-0.4, -0.2) is 19.1 Å². The highest BCUT2D eigenvalue weighted by molar-refractivity contribution is 6.19. The Morgan fingerprint density at radius 1 is 0.235 bits per heavy atom. The zero-order valence-corrected chi connectivity index (χ0v) is 37.0. The van der Waals surface area contributed by atoms with Gasteiger partial charge in [-0.3, -0.25) is 0 Å². The molecule has 0 radical (unpaired) electrons. The average Bonchev–Trinajstić information content (AvgIpc) is 3.92. The molecule has 0 aliphatic carbocycles. The van der Waals surface area contributed by atoms with Gasteiger partial charge in [0, 0.05) is 55.0 Å². The van der Waals surface area contributed by atoms with E-state index < -0.39 is 0 Å². The molecule has 4 heterocycles. The van der Waals surface area contributed by atoms with Crippen molar-refractivity contribution >= 4 is 43.6 Å². The minimum Gasteiger partial charge on any atom is -0.309 e. The minimum absolute atomic E-state index is 0.914. The first kappa shape index (κ1) is 39.3. The molecule has 0 bridgehead atoms. The van der Waals surface area contributed by atoms with E-state index >= 15 is 0 Å². The molecule has 0 aliphatic rings. The van der Waals surface area contributed by atoms with Crippen LogP contribution in [0.3, 0.4) is 0 Å². The molecule has 13 aromatic rings. The second-order valence-corrected chi connectivity index (χ2v) is 17.4. The highest BCUT2D eigenvalue weighted by atomic mass is 15.0. The number of para-hydroxylation sites is 3. The van der Waals surface area contributed by atoms with Crippen LogP contribution in [0, 0.1) is 0 Å². The predicted octanol–water partition coefficient (Wildman–Crippen LogP) is 16.7. The lowest BCUT2D eigenvalue weighted by Crippen LogP contribution is -2.00. The molecule has 0 unspecified atom stereocenters. The van der Waals surface area contributed by atoms with E-state index in [1.165, 1.54) is 32.6 Å². The molecule has 4 heteroatoms. The average molecular weight is 867 g/mol. The Labute approximate surface area is 394 Å². The van der Waals surface area contributed by atoms with Crippen molar-refractivity contribution in [1.82, 2.24) is 19.1 Å². The van der Waals surface area contributed by atoms with Crippen molar-refractivity contribution in [3.05, 3.63) is 255 Å². The molecule has 4 nitrogen and oxygen atoms in total. The summed E-state index contributed by atoms with van der Waals surface area (Å²) in [5.74, 6) is 0. The topological polar surface area (TPSA) is 35.6 Å². The Hall–Kier alpha value is -9.12. The Bertz CT molecular complexity index is 3870. The van der Waals surface area contributed by atoms with Gasteiger partial charge in [0.15, 0.2) is 0 Å². The Kier molecular flexibility index (Phi) is 9.47. The van der Waals surface area contributed by atoms with Gasteiger partial charge in [-0.15, -0.1) is 0 Å². The quantitative estimate of drug-likeness (QED) is 0.153. The maximum atomic E-state index is 5.34. The van der Waals surface area contributed by atoms with E-state index in [4.69, 9.17) is 9.97 Å². The molecule has 0 saturated heterocycles. The van der Waals surface area contributed by atoms with Crippen LogP contribution in [0.4, 0.5) is 0 Å². The zero-order chi connectivity index (χ0) is 45.0. The van der Waals surface area contributed by atoms with Gasteiger partial charge in [0.2, 0.25) is 0 Å². The van der Waals surface area contributed by atoms with Crippen LogP contribution in [0.5, 0.6) is 0 Å². The number of benzene rings is 9. The van der Waals surface area contributed by atoms with Crippen molar-refractivity contribution in [1.29, 1.82) is 0 Å². The van der Waals surface area contributed by atoms with Crippen LogP contribution < -0.4 is 0 Å². The molecule has 0 fully saturated rings. The van der Waals surface area contributed by atoms with E-state index in [0.29, 0.717) is 0 Å². The third-order valence-corrected chi connectivity index (χ3v) is 13.3. The lowest BCUT2D eigenvalue weighted by Gasteiger charge is -2.18. The van der Waals surface area contributed by atoms with Gasteiger partial charge in [0.25, 0.3) is 0 Å². The van der Waals surface area contributed by atoms with Crippen molar-refractivity contribution < 1.29 is 0 Å². The normalized spacial score (nSPS) is 11.5. The highest BCUT2D eigenvalue weighted by Gasteiger charge is 2.22. The Morgan fingerprint density at radius 3 is 1.09 bits per heavy atom. The van der Waals surface area contributed by atoms with E-state index in [0.717, 1.165) is 89.7 Å². The first-order valence-corrected chi connectivity index (χ1v) is 23.1. The van der Waals surface area contributed by atoms with Crippen molar-refractivity contribution in [3.8, 4) is 78.7 Å². The fourth-order valence-electron chi connectivity index (χ4n) is 10.1. The number of hydrogen-bond donors (Lipinski definition) is 0. The van der Waals surface area contributed by atoms with Crippen LogP contribution in [0.2, 0.25) is 0 Å². The van der Waals surface area contributed by atoms with E-state index in [1.54, 1.807) is 0 Å². The summed E-state index contributed by atoms with van der Waals surface area (Å²) in [6, 6.07) is 91.2. The SMILES string of the molecule is c1ccc(-c2cc(-c3ccc(-n4c5ccccc5c5cc6c(cc54)c4ccccc4n6-c4ccccc4)c(-c4cc(-c5ccccc5)nc(-c5ccccc5)c4)c3)cc(-c3ccccc3)n2)cc1. The number of hydrogen-bond acceptors (Lipinski definition) is 2. The summed E-state index contributed by atoms with van der Waals surface area (Å²) in [6.07, 6.45) is 0. The van der Waals surface area contributed by atoms with Gasteiger partial charge < -0.3 is 9.13 Å². The third-order valence-electron chi connectivity index (χ3n) is 13.3. The lowest BCUT2D eigenvalue weighted by atomic mass is 9.94. The summed E-state index contributed by atoms with van der Waals surface area (Å²) in [5, 5.41) is 4.82. The summed E-state index contributed by atoms with van der Waals surface area (Å²) >= 11 is 0. The summed E-state index contributed by atoms with van der Waals surface area (Å²) < 4.78 is 4.89. The molecule has 68 heavy (non-hydrogen) atoms. The summed E-state index contributed by atoms with van der Waals surface area (Å²) in [7, 11) is 0. The van der Waals surface area contributed by atoms with Crippen molar-refractivity contribution in [3.63, 3.8) is 0 Å². The summed E-state index contributed by atoms with van der Waals surface area (Å²) in [5.41, 5.74) is 19.2. The zero-order valence-electron chi connectivity index (χ0n) is 37.0. The molecule has 4 aromatic heterocycles. The number of fused-ring (bicyclic) bond motifs is 6. The smallest absolute Gasteiger partial charge is 0.0715 e. The van der Waals surface area contributed by atoms with E-state index in [9.17, 15) is 0 Å². The first-order chi connectivity index (χ1) is 33.7. The fraction of sp³-hybridized carbons (Fsp3) is 0. The Balaban J connectivity index is 1.12. The van der Waals surface area contributed by atoms with Gasteiger partial charge in [-0.25, -0.2) is 9.97 Å². The molecule has 0 amide bonds. The Morgan fingerprint density at radius 2 is 0.618 bits per heavy atom. The number of pyridine rings is 2. The molecule has 0 N–H and O–H groups in total. The second kappa shape index (κ2) is 16.4. The maximum Gasteiger partial charge on any atom is 0.0715 e. The molecule has 0 atom stereocenters. The largest absolute Gasteiger partial charge is 0.309 e. The van der Waals surface area contributed by atoms with Crippen LogP contribution in [0.25, 0.3) is 122 Å². The second-order valence-electron chi connectivity index (χ2n) is 17.4. The molecule has 0 aliphatic heterocycles. The van der Waals surface area contributed by atoms with Gasteiger partial charge in [0.1, 0.15) is 0 Å². The van der Waals surface area contributed by atoms with Crippen molar-refractivity contribution in [2.45, 2.75) is 0 Å². The van der Waals surface area contributed by atoms with Gasteiger partial charge >= 0.3 is 0 Å². The van der Waals surface area contributed by atoms with Crippen LogP contribution in [0.1, 0.15) is 0 Å². The van der Waals surface area contributed by atoms with E-state index in [1.807, 2.05) is 0 Å². The third kappa shape index (κ3) is 6.78. The van der Waals surface area contributed by atoms with Crippen LogP contribution in [0.15, 0.2) is 255 Å². The monoisotopic (exact) mass is 866 g/mol. The lowest BCUT2D eigenvalue weighted by molar-refractivity contribution is 1.17. The summed E-state index contributed by atoms with van der Waals surface area (Å²) in [6.45, 7) is 0. The van der Waals surface area contributed by atoms with Crippen molar-refractivity contribution in [2.75, 3.05) is 0 Å². The van der Waals surface area contributed by atoms with Gasteiger partial charge in [-0.05, 0) is 89.5 Å². The molecular weight excluding hydrogens is 825 g/mol. The van der Waals surface area contributed by atoms with E-state index in [-0.39, 0.29) is 0 Å². The first-order valence-electron chi connectivity index (χ1n) is 23.1. The molecule has 318 valence electrons. The number of nitrogens with zero attached hydrogens (tertiary/aromatic N) is 4. The molecule has 13 rings (SSSR count). The van der Waals surface area contributed by atoms with Gasteiger partial charge in [-0.1, -0.05) is 182 Å². The van der Waals surface area contributed by atoms with Crippen LogP contribution in [-0.2, 0) is 0 Å². The van der Waals surface area contributed by atoms with Crippen molar-refractivity contribution in [2.24, 2.45) is 0 Å². The summed E-state index contributed by atoms with van der Waals surface area (Å²) in [4.78, 5) is 10.6. The van der Waals surface area contributed by atoms with Gasteiger partial charge in [0.05, 0.1) is 50.5 Å². The predicted molar refractivity (Wildman–Crippen MR) is 283 cm³/mol. The standard InChI is InChI=1S/C64H42N4/c1-6-20-43(21-7-1)56-37-48(38-57(65-56)44-22-8-2-9-23-44)47-34-35-62(53(36-47)49-39-58(45-24-10-3-11-25-45)66-59(40-49)46-26-12-4-13-27-46)68-61-33-19-17-31-52(61)55-41-63-54(42-64(55)68)51-30-16-18-32-60(51)67(63)50-28-14-5-15-29-50/h1-42H. The van der Waals surface area contributed by atoms with E-state index in [2.05, 4.69) is 264 Å². The maximum absolute atomic E-state index is 5.34. The van der Waals surface area contributed by atoms with Gasteiger partial charge in [-0.2, -0.15) is 0 Å². The molecule has 0 spiro atoms. The molecular formula is C64H42N4. The fourth-order valence-corrected chi connectivity index (χ4v) is 10.1.